The molecule has 18 heavy (non-hydrogen) atoms. The van der Waals surface area contributed by atoms with Crippen LogP contribution >= 0.6 is 11.6 Å². The number of primary amides is 1. The smallest absolute Gasteiger partial charge is 0.231 e. The molecule has 1 heterocycles. The van der Waals surface area contributed by atoms with Gasteiger partial charge in [-0.2, -0.15) is 0 Å². The summed E-state index contributed by atoms with van der Waals surface area (Å²) in [5.74, 6) is -0.448. The minimum atomic E-state index is -0.448. The van der Waals surface area contributed by atoms with Crippen LogP contribution in [0.3, 0.4) is 0 Å². The van der Waals surface area contributed by atoms with Crippen LogP contribution in [0.1, 0.15) is 5.69 Å². The third-order valence-electron chi connectivity index (χ3n) is 2.48. The van der Waals surface area contributed by atoms with Crippen molar-refractivity contribution in [1.29, 1.82) is 0 Å². The highest BCUT2D eigenvalue weighted by molar-refractivity contribution is 6.35. The molecular formula is C12H12ClN3O2. The van der Waals surface area contributed by atoms with Gasteiger partial charge in [0.2, 0.25) is 5.91 Å². The van der Waals surface area contributed by atoms with Crippen LogP contribution in [0.4, 0.5) is 0 Å². The Morgan fingerprint density at radius 2 is 2.22 bits per heavy atom. The summed E-state index contributed by atoms with van der Waals surface area (Å²) in [6, 6.07) is 6.62. The Labute approximate surface area is 108 Å². The van der Waals surface area contributed by atoms with Gasteiger partial charge in [0.25, 0.3) is 0 Å². The van der Waals surface area contributed by atoms with Gasteiger partial charge in [0.05, 0.1) is 17.1 Å². The maximum atomic E-state index is 11.9. The molecule has 5 nitrogen and oxygen atoms in total. The highest BCUT2D eigenvalue weighted by Gasteiger charge is 2.05. The zero-order chi connectivity index (χ0) is 13.1. The fraction of sp³-hybridized carbons (Fsp3) is 0.167. The molecule has 0 saturated heterocycles. The van der Waals surface area contributed by atoms with E-state index in [4.69, 9.17) is 17.3 Å². The van der Waals surface area contributed by atoms with E-state index in [0.29, 0.717) is 28.2 Å². The van der Waals surface area contributed by atoms with Crippen LogP contribution in [0.2, 0.25) is 5.02 Å². The molecule has 0 fully saturated rings. The van der Waals surface area contributed by atoms with Crippen LogP contribution in [-0.4, -0.2) is 17.4 Å². The van der Waals surface area contributed by atoms with Crippen molar-refractivity contribution in [1.82, 2.24) is 10.3 Å². The number of H-pyrrole nitrogens is 1. The molecule has 4 N–H and O–H groups in total. The predicted octanol–water partition coefficient (Wildman–Crippen LogP) is 0.756. The second kappa shape index (κ2) is 5.20. The van der Waals surface area contributed by atoms with E-state index in [0.717, 1.165) is 0 Å². The summed E-state index contributed by atoms with van der Waals surface area (Å²) in [4.78, 5) is 25.5. The largest absolute Gasteiger partial charge is 0.369 e. The third-order valence-corrected chi connectivity index (χ3v) is 2.80. The molecule has 0 atom stereocenters. The highest BCUT2D eigenvalue weighted by atomic mass is 35.5. The van der Waals surface area contributed by atoms with Crippen molar-refractivity contribution in [2.24, 2.45) is 5.73 Å². The molecule has 1 aromatic carbocycles. The minimum absolute atomic E-state index is 0.0581. The lowest BCUT2D eigenvalue weighted by Gasteiger charge is -2.06. The molecule has 94 valence electrons. The van der Waals surface area contributed by atoms with Gasteiger partial charge in [0.15, 0.2) is 5.43 Å². The van der Waals surface area contributed by atoms with E-state index in [9.17, 15) is 9.59 Å². The van der Waals surface area contributed by atoms with Crippen LogP contribution in [0.25, 0.3) is 10.9 Å². The number of benzene rings is 1. The lowest BCUT2D eigenvalue weighted by molar-refractivity contribution is -0.117. The van der Waals surface area contributed by atoms with Crippen molar-refractivity contribution < 1.29 is 4.79 Å². The number of aromatic amines is 1. The molecular weight excluding hydrogens is 254 g/mol. The summed E-state index contributed by atoms with van der Waals surface area (Å²) in [5, 5.41) is 3.85. The fourth-order valence-corrected chi connectivity index (χ4v) is 1.93. The van der Waals surface area contributed by atoms with Gasteiger partial charge < -0.3 is 16.0 Å². The molecule has 0 radical (unpaired) electrons. The number of fused-ring (bicyclic) bond motifs is 1. The molecule has 0 bridgehead atoms. The van der Waals surface area contributed by atoms with Crippen LogP contribution in [0.15, 0.2) is 29.1 Å². The van der Waals surface area contributed by atoms with E-state index in [1.165, 1.54) is 6.07 Å². The second-order valence-corrected chi connectivity index (χ2v) is 4.30. The third kappa shape index (κ3) is 2.69. The standard InChI is InChI=1S/C12H12ClN3O2/c13-9-3-1-2-8-10(17)4-7(16-12(8)9)5-15-6-11(14)18/h1-4,15H,5-6H2,(H2,14,18)(H,16,17). The molecule has 0 aliphatic heterocycles. The Morgan fingerprint density at radius 1 is 1.44 bits per heavy atom. The molecule has 2 rings (SSSR count). The van der Waals surface area contributed by atoms with Crippen molar-refractivity contribution in [2.45, 2.75) is 6.54 Å². The molecule has 0 aliphatic rings. The molecule has 0 aliphatic carbocycles. The summed E-state index contributed by atoms with van der Waals surface area (Å²) in [6.45, 7) is 0.405. The van der Waals surface area contributed by atoms with E-state index in [2.05, 4.69) is 10.3 Å². The Hall–Kier alpha value is -1.85. The molecule has 6 heteroatoms. The molecule has 0 spiro atoms. The molecule has 2 aromatic rings. The van der Waals surface area contributed by atoms with Crippen molar-refractivity contribution in [3.05, 3.63) is 45.2 Å². The first-order valence-corrected chi connectivity index (χ1v) is 5.75. The van der Waals surface area contributed by atoms with E-state index in [-0.39, 0.29) is 12.0 Å². The minimum Gasteiger partial charge on any atom is -0.369 e. The number of carbonyl (C=O) groups is 1. The summed E-state index contributed by atoms with van der Waals surface area (Å²) in [5.41, 5.74) is 6.15. The summed E-state index contributed by atoms with van der Waals surface area (Å²) in [7, 11) is 0. The highest BCUT2D eigenvalue weighted by Crippen LogP contribution is 2.18. The van der Waals surface area contributed by atoms with Crippen molar-refractivity contribution >= 4 is 28.4 Å². The molecule has 1 amide bonds. The lowest BCUT2D eigenvalue weighted by Crippen LogP contribution is -2.28. The van der Waals surface area contributed by atoms with Crippen LogP contribution in [-0.2, 0) is 11.3 Å². The van der Waals surface area contributed by atoms with Crippen molar-refractivity contribution in [3.63, 3.8) is 0 Å². The van der Waals surface area contributed by atoms with Gasteiger partial charge in [0, 0.05) is 23.7 Å². The number of para-hydroxylation sites is 1. The van der Waals surface area contributed by atoms with Crippen LogP contribution in [0, 0.1) is 0 Å². The Bertz CT molecular complexity index is 651. The zero-order valence-electron chi connectivity index (χ0n) is 9.50. The predicted molar refractivity (Wildman–Crippen MR) is 70.5 cm³/mol. The maximum Gasteiger partial charge on any atom is 0.231 e. The quantitative estimate of drug-likeness (QED) is 0.762. The number of carbonyl (C=O) groups excluding carboxylic acids is 1. The first-order chi connectivity index (χ1) is 8.58. The normalized spacial score (nSPS) is 10.7. The van der Waals surface area contributed by atoms with Gasteiger partial charge in [-0.1, -0.05) is 17.7 Å². The average molecular weight is 266 g/mol. The summed E-state index contributed by atoms with van der Waals surface area (Å²) >= 11 is 6.02. The first kappa shape index (κ1) is 12.6. The first-order valence-electron chi connectivity index (χ1n) is 5.37. The zero-order valence-corrected chi connectivity index (χ0v) is 10.3. The molecule has 1 aromatic heterocycles. The molecule has 0 unspecified atom stereocenters. The number of amides is 1. The number of halogens is 1. The van der Waals surface area contributed by atoms with Crippen LogP contribution in [0.5, 0.6) is 0 Å². The topological polar surface area (TPSA) is 88.0 Å². The average Bonchev–Trinajstić information content (AvgIpc) is 2.30. The summed E-state index contributed by atoms with van der Waals surface area (Å²) < 4.78 is 0. The number of nitrogens with two attached hydrogens (primary N) is 1. The van der Waals surface area contributed by atoms with E-state index < -0.39 is 5.91 Å². The Kier molecular flexibility index (Phi) is 3.64. The van der Waals surface area contributed by atoms with Crippen molar-refractivity contribution in [3.8, 4) is 0 Å². The van der Waals surface area contributed by atoms with Gasteiger partial charge in [-0.25, -0.2) is 0 Å². The fourth-order valence-electron chi connectivity index (χ4n) is 1.70. The van der Waals surface area contributed by atoms with E-state index in [1.807, 2.05) is 0 Å². The number of aromatic nitrogens is 1. The van der Waals surface area contributed by atoms with Gasteiger partial charge >= 0.3 is 0 Å². The van der Waals surface area contributed by atoms with E-state index in [1.54, 1.807) is 18.2 Å². The van der Waals surface area contributed by atoms with E-state index >= 15 is 0 Å². The van der Waals surface area contributed by atoms with Gasteiger partial charge in [-0.15, -0.1) is 0 Å². The van der Waals surface area contributed by atoms with Gasteiger partial charge in [-0.05, 0) is 12.1 Å². The second-order valence-electron chi connectivity index (χ2n) is 3.89. The maximum absolute atomic E-state index is 11.9. The van der Waals surface area contributed by atoms with Gasteiger partial charge in [0.1, 0.15) is 0 Å². The Balaban J connectivity index is 2.33. The number of pyridine rings is 1. The van der Waals surface area contributed by atoms with Gasteiger partial charge in [-0.3, -0.25) is 9.59 Å². The summed E-state index contributed by atoms with van der Waals surface area (Å²) in [6.07, 6.45) is 0. The Morgan fingerprint density at radius 3 is 2.94 bits per heavy atom. The van der Waals surface area contributed by atoms with Crippen molar-refractivity contribution in [2.75, 3.05) is 6.54 Å². The number of rotatable bonds is 4. The lowest BCUT2D eigenvalue weighted by atomic mass is 10.2. The molecule has 0 saturated carbocycles. The number of hydrogen-bond acceptors (Lipinski definition) is 3. The monoisotopic (exact) mass is 265 g/mol. The van der Waals surface area contributed by atoms with Crippen LogP contribution < -0.4 is 16.5 Å². The number of hydrogen-bond donors (Lipinski definition) is 3. The number of nitrogens with one attached hydrogen (secondary N) is 2. The SMILES string of the molecule is NC(=O)CNCc1cc(=O)c2cccc(Cl)c2[nH]1.